The van der Waals surface area contributed by atoms with Crippen molar-refractivity contribution >= 4 is 11.0 Å². The average Bonchev–Trinajstić information content (AvgIpc) is 2.16. The molecule has 13 heavy (non-hydrogen) atoms. The van der Waals surface area contributed by atoms with Crippen molar-refractivity contribution in [2.45, 2.75) is 0 Å². The summed E-state index contributed by atoms with van der Waals surface area (Å²) in [6.07, 6.45) is 2.93. The fourth-order valence-electron chi connectivity index (χ4n) is 1.13. The van der Waals surface area contributed by atoms with Gasteiger partial charge in [0.25, 0.3) is 0 Å². The van der Waals surface area contributed by atoms with Crippen LogP contribution in [0.1, 0.15) is 5.56 Å². The third-order valence-corrected chi connectivity index (χ3v) is 1.66. The van der Waals surface area contributed by atoms with E-state index in [-0.39, 0.29) is 5.56 Å². The number of halogens is 1. The molecule has 0 saturated carbocycles. The Labute approximate surface area is 73.5 Å². The molecule has 0 bridgehead atoms. The lowest BCUT2D eigenvalue weighted by molar-refractivity contribution is 0.629. The highest BCUT2D eigenvalue weighted by Crippen LogP contribution is 2.14. The first-order valence-corrected chi connectivity index (χ1v) is 3.61. The number of nitriles is 1. The van der Waals surface area contributed by atoms with Crippen LogP contribution in [0.3, 0.4) is 0 Å². The molecular weight excluding hydrogens is 169 g/mol. The molecule has 3 nitrogen and oxygen atoms in total. The second-order valence-electron chi connectivity index (χ2n) is 2.49. The first-order chi connectivity index (χ1) is 6.31. The van der Waals surface area contributed by atoms with Crippen LogP contribution < -0.4 is 0 Å². The van der Waals surface area contributed by atoms with Gasteiger partial charge in [0.05, 0.1) is 11.1 Å². The molecular formula is C9H4FN3. The van der Waals surface area contributed by atoms with Crippen molar-refractivity contribution in [3.63, 3.8) is 0 Å². The number of rotatable bonds is 0. The minimum atomic E-state index is -0.468. The van der Waals surface area contributed by atoms with Crippen molar-refractivity contribution in [1.29, 1.82) is 5.26 Å². The van der Waals surface area contributed by atoms with Crippen LogP contribution in [0, 0.1) is 17.1 Å². The molecule has 0 N–H and O–H groups in total. The van der Waals surface area contributed by atoms with Gasteiger partial charge in [-0.05, 0) is 6.07 Å². The van der Waals surface area contributed by atoms with Gasteiger partial charge in [-0.15, -0.1) is 0 Å². The van der Waals surface area contributed by atoms with Crippen molar-refractivity contribution in [3.05, 3.63) is 35.9 Å². The van der Waals surface area contributed by atoms with Gasteiger partial charge in [-0.25, -0.2) is 4.39 Å². The second kappa shape index (κ2) is 2.79. The van der Waals surface area contributed by atoms with Crippen LogP contribution in [0.2, 0.25) is 0 Å². The Kier molecular flexibility index (Phi) is 1.64. The number of fused-ring (bicyclic) bond motifs is 1. The standard InChI is InChI=1S/C9H4FN3/c10-7-3-6(5-11)9-8(4-7)12-1-2-13-9/h1-4H. The Morgan fingerprint density at radius 2 is 2.00 bits per heavy atom. The summed E-state index contributed by atoms with van der Waals surface area (Å²) in [5.74, 6) is -0.468. The quantitative estimate of drug-likeness (QED) is 0.608. The summed E-state index contributed by atoms with van der Waals surface area (Å²) in [6, 6.07) is 4.27. The van der Waals surface area contributed by atoms with Crippen LogP contribution in [0.5, 0.6) is 0 Å². The van der Waals surface area contributed by atoms with Gasteiger partial charge in [-0.2, -0.15) is 5.26 Å². The summed E-state index contributed by atoms with van der Waals surface area (Å²) >= 11 is 0. The van der Waals surface area contributed by atoms with Crippen LogP contribution in [0.15, 0.2) is 24.5 Å². The molecule has 62 valence electrons. The van der Waals surface area contributed by atoms with Crippen molar-refractivity contribution in [2.24, 2.45) is 0 Å². The predicted molar refractivity (Wildman–Crippen MR) is 44.2 cm³/mol. The van der Waals surface area contributed by atoms with Gasteiger partial charge in [-0.3, -0.25) is 9.97 Å². The molecule has 0 radical (unpaired) electrons. The second-order valence-corrected chi connectivity index (χ2v) is 2.49. The summed E-state index contributed by atoms with van der Waals surface area (Å²) in [6.45, 7) is 0. The summed E-state index contributed by atoms with van der Waals surface area (Å²) < 4.78 is 12.9. The minimum Gasteiger partial charge on any atom is -0.253 e. The van der Waals surface area contributed by atoms with E-state index in [2.05, 4.69) is 9.97 Å². The monoisotopic (exact) mass is 173 g/mol. The molecule has 2 aromatic rings. The van der Waals surface area contributed by atoms with Gasteiger partial charge in [0, 0.05) is 18.5 Å². The summed E-state index contributed by atoms with van der Waals surface area (Å²) in [7, 11) is 0. The number of benzene rings is 1. The van der Waals surface area contributed by atoms with E-state index in [1.807, 2.05) is 6.07 Å². The Bertz CT molecular complexity index is 502. The van der Waals surface area contributed by atoms with Crippen LogP contribution in [-0.2, 0) is 0 Å². The fraction of sp³-hybridized carbons (Fsp3) is 0. The summed E-state index contributed by atoms with van der Waals surface area (Å²) in [5, 5.41) is 8.68. The Hall–Kier alpha value is -2.02. The largest absolute Gasteiger partial charge is 0.253 e. The summed E-state index contributed by atoms with van der Waals surface area (Å²) in [5.41, 5.74) is 1.05. The first-order valence-electron chi connectivity index (χ1n) is 3.61. The molecule has 0 fully saturated rings. The van der Waals surface area contributed by atoms with Crippen molar-refractivity contribution in [2.75, 3.05) is 0 Å². The third-order valence-electron chi connectivity index (χ3n) is 1.66. The van der Waals surface area contributed by atoms with Crippen LogP contribution in [0.25, 0.3) is 11.0 Å². The van der Waals surface area contributed by atoms with E-state index in [1.165, 1.54) is 18.5 Å². The maximum absolute atomic E-state index is 12.9. The van der Waals surface area contributed by atoms with E-state index >= 15 is 0 Å². The van der Waals surface area contributed by atoms with Crippen molar-refractivity contribution in [1.82, 2.24) is 9.97 Å². The molecule has 0 atom stereocenters. The highest BCUT2D eigenvalue weighted by Gasteiger charge is 2.04. The molecule has 0 saturated heterocycles. The molecule has 0 aliphatic carbocycles. The van der Waals surface area contributed by atoms with E-state index in [4.69, 9.17) is 5.26 Å². The van der Waals surface area contributed by atoms with Gasteiger partial charge in [0.15, 0.2) is 0 Å². The molecule has 2 rings (SSSR count). The molecule has 1 aromatic carbocycles. The normalized spacial score (nSPS) is 9.85. The van der Waals surface area contributed by atoms with Crippen LogP contribution in [-0.4, -0.2) is 9.97 Å². The zero-order valence-electron chi connectivity index (χ0n) is 6.53. The Morgan fingerprint density at radius 1 is 1.23 bits per heavy atom. The lowest BCUT2D eigenvalue weighted by atomic mass is 10.2. The number of hydrogen-bond acceptors (Lipinski definition) is 3. The molecule has 0 aliphatic rings. The molecule has 0 amide bonds. The van der Waals surface area contributed by atoms with Crippen LogP contribution in [0.4, 0.5) is 4.39 Å². The van der Waals surface area contributed by atoms with E-state index in [0.717, 1.165) is 6.07 Å². The topological polar surface area (TPSA) is 49.6 Å². The molecule has 0 aliphatic heterocycles. The Morgan fingerprint density at radius 3 is 2.77 bits per heavy atom. The molecule has 4 heteroatoms. The maximum Gasteiger partial charge on any atom is 0.126 e. The van der Waals surface area contributed by atoms with Gasteiger partial charge < -0.3 is 0 Å². The smallest absolute Gasteiger partial charge is 0.126 e. The highest BCUT2D eigenvalue weighted by molar-refractivity contribution is 5.80. The molecule has 0 spiro atoms. The third kappa shape index (κ3) is 1.20. The Balaban J connectivity index is 2.91. The zero-order chi connectivity index (χ0) is 9.26. The number of hydrogen-bond donors (Lipinski definition) is 0. The predicted octanol–water partition coefficient (Wildman–Crippen LogP) is 1.64. The van der Waals surface area contributed by atoms with E-state index in [9.17, 15) is 4.39 Å². The fourth-order valence-corrected chi connectivity index (χ4v) is 1.13. The van der Waals surface area contributed by atoms with Crippen molar-refractivity contribution < 1.29 is 4.39 Å². The van der Waals surface area contributed by atoms with Gasteiger partial charge >= 0.3 is 0 Å². The van der Waals surface area contributed by atoms with Crippen molar-refractivity contribution in [3.8, 4) is 6.07 Å². The van der Waals surface area contributed by atoms with Gasteiger partial charge in [-0.1, -0.05) is 0 Å². The van der Waals surface area contributed by atoms with Gasteiger partial charge in [0.2, 0.25) is 0 Å². The SMILES string of the molecule is N#Cc1cc(F)cc2nccnc12. The highest BCUT2D eigenvalue weighted by atomic mass is 19.1. The molecule has 1 heterocycles. The zero-order valence-corrected chi connectivity index (χ0v) is 6.53. The maximum atomic E-state index is 12.9. The first kappa shape index (κ1) is 7.62. The minimum absolute atomic E-state index is 0.211. The van der Waals surface area contributed by atoms with Crippen LogP contribution >= 0.6 is 0 Å². The lowest BCUT2D eigenvalue weighted by Crippen LogP contribution is -1.88. The molecule has 0 unspecified atom stereocenters. The number of aromatic nitrogens is 2. The van der Waals surface area contributed by atoms with Gasteiger partial charge in [0.1, 0.15) is 17.4 Å². The van der Waals surface area contributed by atoms with E-state index in [0.29, 0.717) is 11.0 Å². The van der Waals surface area contributed by atoms with E-state index in [1.54, 1.807) is 0 Å². The lowest BCUT2D eigenvalue weighted by Gasteiger charge is -1.97. The number of nitrogens with zero attached hydrogens (tertiary/aromatic N) is 3. The van der Waals surface area contributed by atoms with E-state index < -0.39 is 5.82 Å². The molecule has 1 aromatic heterocycles. The summed E-state index contributed by atoms with van der Waals surface area (Å²) in [4.78, 5) is 7.84. The average molecular weight is 173 g/mol.